The molecule has 2 heterocycles. The first-order valence-electron chi connectivity index (χ1n) is 8.32. The van der Waals surface area contributed by atoms with Gasteiger partial charge in [-0.2, -0.15) is 0 Å². The van der Waals surface area contributed by atoms with Crippen LogP contribution in [-0.4, -0.2) is 14.5 Å². The van der Waals surface area contributed by atoms with Gasteiger partial charge < -0.3 is 15.6 Å². The molecule has 0 amide bonds. The van der Waals surface area contributed by atoms with Gasteiger partial charge in [-0.15, -0.1) is 0 Å². The summed E-state index contributed by atoms with van der Waals surface area (Å²) in [6, 6.07) is 16.3. The molecule has 130 valence electrons. The Morgan fingerprint density at radius 3 is 2.77 bits per heavy atom. The van der Waals surface area contributed by atoms with Gasteiger partial charge >= 0.3 is 0 Å². The smallest absolute Gasteiger partial charge is 0.154 e. The molecular weight excluding hydrogens is 346 g/mol. The minimum atomic E-state index is 0.319. The summed E-state index contributed by atoms with van der Waals surface area (Å²) in [5, 5.41) is 4.71. The molecular formula is C20H18ClN5. The molecule has 4 rings (SSSR count). The lowest BCUT2D eigenvalue weighted by Gasteiger charge is -2.14. The van der Waals surface area contributed by atoms with Crippen molar-refractivity contribution in [3.63, 3.8) is 0 Å². The molecule has 0 radical (unpaired) electrons. The van der Waals surface area contributed by atoms with Crippen molar-refractivity contribution >= 4 is 33.9 Å². The van der Waals surface area contributed by atoms with Crippen LogP contribution in [-0.2, 0) is 13.1 Å². The van der Waals surface area contributed by atoms with Crippen LogP contribution in [0.1, 0.15) is 11.1 Å². The second-order valence-electron chi connectivity index (χ2n) is 6.12. The van der Waals surface area contributed by atoms with Crippen molar-refractivity contribution in [3.05, 3.63) is 83.5 Å². The number of pyridine rings is 1. The fraction of sp³-hybridized carbons (Fsp3) is 0.100. The molecule has 0 saturated heterocycles. The average Bonchev–Trinajstić information content (AvgIpc) is 3.15. The lowest BCUT2D eigenvalue weighted by atomic mass is 10.1. The summed E-state index contributed by atoms with van der Waals surface area (Å²) in [6.45, 7) is 1.44. The zero-order chi connectivity index (χ0) is 17.9. The number of nitrogens with one attached hydrogen (secondary N) is 1. The molecule has 0 aliphatic rings. The van der Waals surface area contributed by atoms with E-state index in [4.69, 9.17) is 17.3 Å². The van der Waals surface area contributed by atoms with Crippen LogP contribution in [0.25, 0.3) is 10.9 Å². The summed E-state index contributed by atoms with van der Waals surface area (Å²) >= 11 is 6.19. The number of imidazole rings is 1. The highest BCUT2D eigenvalue weighted by molar-refractivity contribution is 6.33. The zero-order valence-corrected chi connectivity index (χ0v) is 14.8. The van der Waals surface area contributed by atoms with Gasteiger partial charge in [-0.25, -0.2) is 9.97 Å². The van der Waals surface area contributed by atoms with Gasteiger partial charge in [0.2, 0.25) is 0 Å². The van der Waals surface area contributed by atoms with Crippen LogP contribution in [0.4, 0.5) is 11.4 Å². The molecule has 4 aromatic rings. The van der Waals surface area contributed by atoms with E-state index in [1.54, 1.807) is 6.20 Å². The summed E-state index contributed by atoms with van der Waals surface area (Å²) in [4.78, 5) is 8.42. The van der Waals surface area contributed by atoms with Crippen molar-refractivity contribution in [1.29, 1.82) is 0 Å². The lowest BCUT2D eigenvalue weighted by Crippen LogP contribution is -2.05. The Kier molecular flexibility index (Phi) is 4.46. The third-order valence-electron chi connectivity index (χ3n) is 4.27. The normalized spacial score (nSPS) is 11.0. The van der Waals surface area contributed by atoms with Crippen LogP contribution in [0.3, 0.4) is 0 Å². The number of aromatic nitrogens is 3. The van der Waals surface area contributed by atoms with Gasteiger partial charge in [0.25, 0.3) is 0 Å². The number of para-hydroxylation sites is 1. The maximum atomic E-state index is 6.19. The van der Waals surface area contributed by atoms with E-state index in [2.05, 4.69) is 39.6 Å². The zero-order valence-electron chi connectivity index (χ0n) is 14.1. The van der Waals surface area contributed by atoms with Crippen molar-refractivity contribution < 1.29 is 0 Å². The fourth-order valence-electron chi connectivity index (χ4n) is 3.01. The molecule has 26 heavy (non-hydrogen) atoms. The molecule has 6 heteroatoms. The standard InChI is InChI=1S/C20H18ClN5/c21-20-18(22)19(16-6-1-2-7-17(16)25-20)24-11-14-4-3-5-15(10-14)12-26-9-8-23-13-26/h1-10,13H,11-12,22H2,(H,24,25). The monoisotopic (exact) mass is 363 g/mol. The van der Waals surface area contributed by atoms with E-state index < -0.39 is 0 Å². The summed E-state index contributed by atoms with van der Waals surface area (Å²) in [6.07, 6.45) is 5.56. The molecule has 0 aliphatic heterocycles. The SMILES string of the molecule is Nc1c(Cl)nc2ccccc2c1NCc1cccc(Cn2ccnc2)c1. The molecule has 3 N–H and O–H groups in total. The maximum absolute atomic E-state index is 6.19. The Labute approximate surface area is 156 Å². The van der Waals surface area contributed by atoms with Gasteiger partial charge in [0.15, 0.2) is 5.15 Å². The van der Waals surface area contributed by atoms with Crippen molar-refractivity contribution in [2.45, 2.75) is 13.1 Å². The van der Waals surface area contributed by atoms with E-state index >= 15 is 0 Å². The molecule has 2 aromatic carbocycles. The lowest BCUT2D eigenvalue weighted by molar-refractivity contribution is 0.796. The fourth-order valence-corrected chi connectivity index (χ4v) is 3.19. The molecule has 0 spiro atoms. The molecule has 0 bridgehead atoms. The van der Waals surface area contributed by atoms with Crippen molar-refractivity contribution in [2.24, 2.45) is 0 Å². The van der Waals surface area contributed by atoms with Gasteiger partial charge in [-0.05, 0) is 17.2 Å². The number of anilines is 2. The van der Waals surface area contributed by atoms with Crippen molar-refractivity contribution in [3.8, 4) is 0 Å². The van der Waals surface area contributed by atoms with Gasteiger partial charge in [-0.1, -0.05) is 54.1 Å². The Balaban J connectivity index is 1.58. The number of halogens is 1. The highest BCUT2D eigenvalue weighted by Gasteiger charge is 2.11. The number of hydrogen-bond donors (Lipinski definition) is 2. The van der Waals surface area contributed by atoms with Crippen molar-refractivity contribution in [2.75, 3.05) is 11.1 Å². The molecule has 0 fully saturated rings. The first-order valence-corrected chi connectivity index (χ1v) is 8.69. The van der Waals surface area contributed by atoms with Crippen molar-refractivity contribution in [1.82, 2.24) is 14.5 Å². The minimum absolute atomic E-state index is 0.319. The minimum Gasteiger partial charge on any atom is -0.395 e. The topological polar surface area (TPSA) is 68.8 Å². The Morgan fingerprint density at radius 2 is 1.92 bits per heavy atom. The summed E-state index contributed by atoms with van der Waals surface area (Å²) in [7, 11) is 0. The van der Waals surface area contributed by atoms with E-state index in [9.17, 15) is 0 Å². The molecule has 0 atom stereocenters. The molecule has 0 aliphatic carbocycles. The van der Waals surface area contributed by atoms with Gasteiger partial charge in [0.1, 0.15) is 0 Å². The van der Waals surface area contributed by atoms with Gasteiger partial charge in [-0.3, -0.25) is 0 Å². The number of rotatable bonds is 5. The first kappa shape index (κ1) is 16.4. The predicted molar refractivity (Wildman–Crippen MR) is 106 cm³/mol. The second-order valence-corrected chi connectivity index (χ2v) is 6.47. The number of benzene rings is 2. The van der Waals surface area contributed by atoms with Crippen LogP contribution in [0, 0.1) is 0 Å². The van der Waals surface area contributed by atoms with Crippen LogP contribution >= 0.6 is 11.6 Å². The summed E-state index contributed by atoms with van der Waals surface area (Å²) < 4.78 is 2.04. The van der Waals surface area contributed by atoms with E-state index in [1.165, 1.54) is 11.1 Å². The third kappa shape index (κ3) is 3.34. The van der Waals surface area contributed by atoms with Gasteiger partial charge in [0, 0.05) is 30.9 Å². The molecule has 5 nitrogen and oxygen atoms in total. The molecule has 0 unspecified atom stereocenters. The Morgan fingerprint density at radius 1 is 1.08 bits per heavy atom. The number of nitrogens with zero attached hydrogens (tertiary/aromatic N) is 3. The highest BCUT2D eigenvalue weighted by Crippen LogP contribution is 2.33. The highest BCUT2D eigenvalue weighted by atomic mass is 35.5. The Bertz CT molecular complexity index is 1040. The van der Waals surface area contributed by atoms with Crippen LogP contribution in [0.2, 0.25) is 5.15 Å². The summed E-state index contributed by atoms with van der Waals surface area (Å²) in [5.41, 5.74) is 10.7. The van der Waals surface area contributed by atoms with Gasteiger partial charge in [0.05, 0.1) is 23.2 Å². The number of nitrogen functional groups attached to an aromatic ring is 1. The Hall–Kier alpha value is -3.05. The first-order chi connectivity index (χ1) is 12.7. The third-order valence-corrected chi connectivity index (χ3v) is 4.56. The maximum Gasteiger partial charge on any atom is 0.154 e. The largest absolute Gasteiger partial charge is 0.395 e. The quantitative estimate of drug-likeness (QED) is 0.518. The van der Waals surface area contributed by atoms with E-state index in [1.807, 2.05) is 41.4 Å². The van der Waals surface area contributed by atoms with E-state index in [0.29, 0.717) is 17.4 Å². The summed E-state index contributed by atoms with van der Waals surface area (Å²) in [5.74, 6) is 0. The molecule has 2 aromatic heterocycles. The van der Waals surface area contributed by atoms with Crippen LogP contribution in [0.15, 0.2) is 67.3 Å². The second kappa shape index (κ2) is 7.06. The molecule has 0 saturated carbocycles. The number of nitrogens with two attached hydrogens (primary N) is 1. The average molecular weight is 364 g/mol. The van der Waals surface area contributed by atoms with E-state index in [0.717, 1.165) is 23.1 Å². The predicted octanol–water partition coefficient (Wildman–Crippen LogP) is 4.33. The van der Waals surface area contributed by atoms with E-state index in [-0.39, 0.29) is 0 Å². The van der Waals surface area contributed by atoms with Crippen LogP contribution < -0.4 is 11.1 Å². The van der Waals surface area contributed by atoms with Crippen LogP contribution in [0.5, 0.6) is 0 Å². The number of fused-ring (bicyclic) bond motifs is 1. The number of hydrogen-bond acceptors (Lipinski definition) is 4.